The molecule has 0 aromatic carbocycles. The Bertz CT molecular complexity index is 581. The minimum absolute atomic E-state index is 0. The fraction of sp³-hybridized carbons (Fsp3) is 0.722. The van der Waals surface area contributed by atoms with Crippen LogP contribution in [0.5, 0.6) is 0 Å². The van der Waals surface area contributed by atoms with E-state index in [-0.39, 0.29) is 24.0 Å². The molecule has 0 aliphatic carbocycles. The van der Waals surface area contributed by atoms with Crippen molar-refractivity contribution >= 4 is 36.0 Å². The van der Waals surface area contributed by atoms with E-state index in [9.17, 15) is 4.79 Å². The van der Waals surface area contributed by atoms with Crippen LogP contribution in [0.4, 0.5) is 4.79 Å². The lowest BCUT2D eigenvalue weighted by molar-refractivity contribution is 0.0529. The third-order valence-corrected chi connectivity index (χ3v) is 3.17. The summed E-state index contributed by atoms with van der Waals surface area (Å²) in [5.41, 5.74) is -0.494. The molecule has 0 radical (unpaired) electrons. The number of nitrogens with one attached hydrogen (secondary N) is 3. The van der Waals surface area contributed by atoms with Crippen LogP contribution in [0.15, 0.2) is 17.4 Å². The first kappa shape index (κ1) is 25.5. The number of rotatable bonds is 8. The summed E-state index contributed by atoms with van der Waals surface area (Å²) < 4.78 is 7.33. The van der Waals surface area contributed by atoms with Gasteiger partial charge in [0, 0.05) is 38.6 Å². The Kier molecular flexibility index (Phi) is 12.1. The van der Waals surface area contributed by atoms with E-state index in [0.29, 0.717) is 31.5 Å². The lowest BCUT2D eigenvalue weighted by Gasteiger charge is -2.20. The van der Waals surface area contributed by atoms with Crippen molar-refractivity contribution in [2.45, 2.75) is 60.2 Å². The average Bonchev–Trinajstić information content (AvgIpc) is 2.93. The van der Waals surface area contributed by atoms with Gasteiger partial charge in [0.05, 0.1) is 0 Å². The Hall–Kier alpha value is -1.52. The second-order valence-electron chi connectivity index (χ2n) is 7.44. The topological polar surface area (TPSA) is 92.6 Å². The molecule has 0 bridgehead atoms. The SMILES string of the molecule is CCNC(=NCc1nccn1CC(C)C)NCCNC(=O)OC(C)(C)C.I. The smallest absolute Gasteiger partial charge is 0.407 e. The summed E-state index contributed by atoms with van der Waals surface area (Å²) in [6, 6.07) is 0. The number of aromatic nitrogens is 2. The van der Waals surface area contributed by atoms with E-state index in [2.05, 4.69) is 44.3 Å². The highest BCUT2D eigenvalue weighted by Crippen LogP contribution is 2.06. The van der Waals surface area contributed by atoms with Gasteiger partial charge in [-0.1, -0.05) is 13.8 Å². The first-order valence-electron chi connectivity index (χ1n) is 9.20. The molecule has 1 heterocycles. The number of imidazole rings is 1. The predicted molar refractivity (Wildman–Crippen MR) is 120 cm³/mol. The third-order valence-electron chi connectivity index (χ3n) is 3.17. The summed E-state index contributed by atoms with van der Waals surface area (Å²) in [6.45, 7) is 15.0. The molecule has 0 saturated carbocycles. The van der Waals surface area contributed by atoms with E-state index in [1.807, 2.05) is 33.9 Å². The summed E-state index contributed by atoms with van der Waals surface area (Å²) in [4.78, 5) is 20.6. The Morgan fingerprint density at radius 1 is 1.26 bits per heavy atom. The minimum atomic E-state index is -0.494. The van der Waals surface area contributed by atoms with Gasteiger partial charge in [-0.05, 0) is 33.6 Å². The number of carbonyl (C=O) groups is 1. The van der Waals surface area contributed by atoms with Crippen molar-refractivity contribution in [3.8, 4) is 0 Å². The molecule has 0 atom stereocenters. The van der Waals surface area contributed by atoms with Crippen LogP contribution in [0, 0.1) is 5.92 Å². The summed E-state index contributed by atoms with van der Waals surface area (Å²) in [5, 5.41) is 9.10. The third kappa shape index (κ3) is 11.7. The van der Waals surface area contributed by atoms with Crippen molar-refractivity contribution in [2.24, 2.45) is 10.9 Å². The summed E-state index contributed by atoms with van der Waals surface area (Å²) in [5.74, 6) is 2.18. The van der Waals surface area contributed by atoms with Gasteiger partial charge in [-0.25, -0.2) is 14.8 Å². The molecule has 156 valence electrons. The molecular formula is C18H35IN6O2. The van der Waals surface area contributed by atoms with Crippen LogP contribution in [0.2, 0.25) is 0 Å². The lowest BCUT2D eigenvalue weighted by Crippen LogP contribution is -2.42. The van der Waals surface area contributed by atoms with E-state index >= 15 is 0 Å². The Morgan fingerprint density at radius 2 is 1.93 bits per heavy atom. The van der Waals surface area contributed by atoms with Crippen molar-refractivity contribution in [3.05, 3.63) is 18.2 Å². The van der Waals surface area contributed by atoms with Crippen molar-refractivity contribution in [1.82, 2.24) is 25.5 Å². The second kappa shape index (κ2) is 12.8. The molecule has 0 unspecified atom stereocenters. The molecule has 8 nitrogen and oxygen atoms in total. The maximum absolute atomic E-state index is 11.6. The average molecular weight is 494 g/mol. The molecule has 1 rings (SSSR count). The van der Waals surface area contributed by atoms with Crippen LogP contribution in [0.3, 0.4) is 0 Å². The number of aliphatic imine (C=N–C) groups is 1. The van der Waals surface area contributed by atoms with Gasteiger partial charge >= 0.3 is 6.09 Å². The summed E-state index contributed by atoms with van der Waals surface area (Å²) in [6.07, 6.45) is 3.37. The van der Waals surface area contributed by atoms with E-state index < -0.39 is 11.7 Å². The number of nitrogens with zero attached hydrogens (tertiary/aromatic N) is 3. The molecule has 1 amide bonds. The van der Waals surface area contributed by atoms with Gasteiger partial charge < -0.3 is 25.3 Å². The Morgan fingerprint density at radius 3 is 2.52 bits per heavy atom. The van der Waals surface area contributed by atoms with E-state index in [4.69, 9.17) is 4.74 Å². The molecule has 1 aromatic heterocycles. The first-order chi connectivity index (χ1) is 12.2. The molecule has 0 aliphatic rings. The summed E-state index contributed by atoms with van der Waals surface area (Å²) >= 11 is 0. The number of ether oxygens (including phenoxy) is 1. The van der Waals surface area contributed by atoms with Gasteiger partial charge in [0.25, 0.3) is 0 Å². The molecule has 3 N–H and O–H groups in total. The number of hydrogen-bond donors (Lipinski definition) is 3. The van der Waals surface area contributed by atoms with Crippen molar-refractivity contribution in [1.29, 1.82) is 0 Å². The quantitative estimate of drug-likeness (QED) is 0.224. The Balaban J connectivity index is 0.00000676. The fourth-order valence-electron chi connectivity index (χ4n) is 2.20. The van der Waals surface area contributed by atoms with Crippen LogP contribution in [0.1, 0.15) is 47.4 Å². The normalized spacial score (nSPS) is 11.7. The predicted octanol–water partition coefficient (Wildman–Crippen LogP) is 2.74. The lowest BCUT2D eigenvalue weighted by atomic mass is 10.2. The maximum Gasteiger partial charge on any atom is 0.407 e. The van der Waals surface area contributed by atoms with Crippen LogP contribution < -0.4 is 16.0 Å². The van der Waals surface area contributed by atoms with Gasteiger partial charge in [0.1, 0.15) is 18.0 Å². The maximum atomic E-state index is 11.6. The van der Waals surface area contributed by atoms with Crippen molar-refractivity contribution in [3.63, 3.8) is 0 Å². The number of guanidine groups is 1. The largest absolute Gasteiger partial charge is 0.444 e. The zero-order chi connectivity index (χ0) is 19.6. The number of halogens is 1. The molecule has 1 aromatic rings. The van der Waals surface area contributed by atoms with E-state index in [0.717, 1.165) is 18.9 Å². The Labute approximate surface area is 180 Å². The van der Waals surface area contributed by atoms with Gasteiger partial charge in [-0.2, -0.15) is 0 Å². The highest BCUT2D eigenvalue weighted by molar-refractivity contribution is 14.0. The molecule has 9 heteroatoms. The molecule has 0 aliphatic heterocycles. The zero-order valence-electron chi connectivity index (χ0n) is 17.3. The molecule has 27 heavy (non-hydrogen) atoms. The summed E-state index contributed by atoms with van der Waals surface area (Å²) in [7, 11) is 0. The van der Waals surface area contributed by atoms with Crippen LogP contribution >= 0.6 is 24.0 Å². The number of alkyl carbamates (subject to hydrolysis) is 1. The first-order valence-corrected chi connectivity index (χ1v) is 9.20. The van der Waals surface area contributed by atoms with E-state index in [1.54, 1.807) is 6.20 Å². The molecule has 0 fully saturated rings. The molecular weight excluding hydrogens is 459 g/mol. The number of carbonyl (C=O) groups excluding carboxylic acids is 1. The van der Waals surface area contributed by atoms with Gasteiger partial charge in [0.2, 0.25) is 0 Å². The number of hydrogen-bond acceptors (Lipinski definition) is 4. The monoisotopic (exact) mass is 494 g/mol. The molecule has 0 saturated heterocycles. The second-order valence-corrected chi connectivity index (χ2v) is 7.44. The highest BCUT2D eigenvalue weighted by atomic mass is 127. The van der Waals surface area contributed by atoms with Crippen LogP contribution in [0.25, 0.3) is 0 Å². The van der Waals surface area contributed by atoms with Crippen LogP contribution in [-0.4, -0.2) is 46.8 Å². The van der Waals surface area contributed by atoms with Crippen molar-refractivity contribution < 1.29 is 9.53 Å². The number of amides is 1. The highest BCUT2D eigenvalue weighted by Gasteiger charge is 2.15. The fourth-order valence-corrected chi connectivity index (χ4v) is 2.20. The van der Waals surface area contributed by atoms with Gasteiger partial charge in [-0.15, -0.1) is 24.0 Å². The standard InChI is InChI=1S/C18H34N6O2.HI/c1-7-19-16(21-8-9-22-17(25)26-18(4,5)6)23-12-15-20-10-11-24(15)13-14(2)3;/h10-11,14H,7-9,12-13H2,1-6H3,(H,22,25)(H2,19,21,23);1H. The minimum Gasteiger partial charge on any atom is -0.444 e. The van der Waals surface area contributed by atoms with E-state index in [1.165, 1.54) is 0 Å². The van der Waals surface area contributed by atoms with Crippen molar-refractivity contribution in [2.75, 3.05) is 19.6 Å². The van der Waals surface area contributed by atoms with Crippen LogP contribution in [-0.2, 0) is 17.8 Å². The van der Waals surface area contributed by atoms with Gasteiger partial charge in [-0.3, -0.25) is 0 Å². The molecule has 0 spiro atoms. The zero-order valence-corrected chi connectivity index (χ0v) is 19.7. The van der Waals surface area contributed by atoms with Gasteiger partial charge in [0.15, 0.2) is 5.96 Å².